The topological polar surface area (TPSA) is 70.7 Å². The number of hydrogen-bond donors (Lipinski definition) is 2. The summed E-state index contributed by atoms with van der Waals surface area (Å²) in [5.41, 5.74) is 0. The van der Waals surface area contributed by atoms with Crippen LogP contribution in [0.1, 0.15) is 33.6 Å². The summed E-state index contributed by atoms with van der Waals surface area (Å²) >= 11 is 0. The van der Waals surface area contributed by atoms with Gasteiger partial charge in [-0.1, -0.05) is 13.8 Å². The average Bonchev–Trinajstić information content (AvgIpc) is 2.36. The highest BCUT2D eigenvalue weighted by atomic mass is 32.2. The van der Waals surface area contributed by atoms with Crippen LogP contribution < -0.4 is 10.0 Å². The number of nitrogens with zero attached hydrogens (tertiary/aromatic N) is 1. The number of piperidine rings is 1. The molecule has 0 radical (unpaired) electrons. The zero-order chi connectivity index (χ0) is 15.2. The molecule has 20 heavy (non-hydrogen) atoms. The van der Waals surface area contributed by atoms with E-state index in [9.17, 15) is 8.42 Å². The molecule has 2 atom stereocenters. The maximum Gasteiger partial charge on any atom is 0.279 e. The fourth-order valence-corrected chi connectivity index (χ4v) is 3.93. The largest absolute Gasteiger partial charge is 0.383 e. The Morgan fingerprint density at radius 3 is 2.65 bits per heavy atom. The first kappa shape index (κ1) is 17.8. The lowest BCUT2D eigenvalue weighted by Crippen LogP contribution is -2.50. The third-order valence-electron chi connectivity index (χ3n) is 3.40. The summed E-state index contributed by atoms with van der Waals surface area (Å²) < 4.78 is 33.8. The lowest BCUT2D eigenvalue weighted by atomic mass is 9.99. The van der Waals surface area contributed by atoms with Gasteiger partial charge in [0.1, 0.15) is 0 Å². The molecule has 2 N–H and O–H groups in total. The zero-order valence-electron chi connectivity index (χ0n) is 13.1. The van der Waals surface area contributed by atoms with E-state index < -0.39 is 10.2 Å². The van der Waals surface area contributed by atoms with Gasteiger partial charge in [0.2, 0.25) is 0 Å². The maximum atomic E-state index is 12.3. The standard InChI is InChI=1S/C13H29N3O3S/c1-11(2)14-8-13-6-5-7-16(9-13)20(17,18)15-12(3)10-19-4/h11-15H,5-10H2,1-4H3. The Labute approximate surface area is 123 Å². The highest BCUT2D eigenvalue weighted by molar-refractivity contribution is 7.87. The van der Waals surface area contributed by atoms with E-state index in [-0.39, 0.29) is 6.04 Å². The van der Waals surface area contributed by atoms with Crippen molar-refractivity contribution in [1.82, 2.24) is 14.3 Å². The number of hydrogen-bond acceptors (Lipinski definition) is 4. The first-order valence-electron chi connectivity index (χ1n) is 7.35. The Bertz CT molecular complexity index is 373. The van der Waals surface area contributed by atoms with E-state index in [1.807, 2.05) is 6.92 Å². The molecule has 1 saturated heterocycles. The molecule has 1 rings (SSSR count). The van der Waals surface area contributed by atoms with E-state index in [0.29, 0.717) is 31.7 Å². The van der Waals surface area contributed by atoms with E-state index in [1.165, 1.54) is 0 Å². The Morgan fingerprint density at radius 1 is 1.35 bits per heavy atom. The average molecular weight is 307 g/mol. The predicted octanol–water partition coefficient (Wildman–Crippen LogP) is 0.566. The van der Waals surface area contributed by atoms with E-state index in [4.69, 9.17) is 4.74 Å². The monoisotopic (exact) mass is 307 g/mol. The third kappa shape index (κ3) is 6.05. The van der Waals surface area contributed by atoms with Crippen LogP contribution in [0.2, 0.25) is 0 Å². The van der Waals surface area contributed by atoms with Gasteiger partial charge < -0.3 is 10.1 Å². The van der Waals surface area contributed by atoms with Gasteiger partial charge in [-0.2, -0.15) is 17.4 Å². The van der Waals surface area contributed by atoms with E-state index >= 15 is 0 Å². The minimum atomic E-state index is -3.40. The first-order chi connectivity index (χ1) is 9.35. The third-order valence-corrected chi connectivity index (χ3v) is 5.11. The molecule has 2 unspecified atom stereocenters. The molecule has 0 aromatic rings. The second kappa shape index (κ2) is 8.29. The second-order valence-corrected chi connectivity index (χ2v) is 7.61. The Balaban J connectivity index is 2.52. The summed E-state index contributed by atoms with van der Waals surface area (Å²) in [5.74, 6) is 0.389. The van der Waals surface area contributed by atoms with Gasteiger partial charge in [-0.3, -0.25) is 0 Å². The lowest BCUT2D eigenvalue weighted by Gasteiger charge is -2.33. The highest BCUT2D eigenvalue weighted by Gasteiger charge is 2.29. The van der Waals surface area contributed by atoms with Crippen molar-refractivity contribution in [3.63, 3.8) is 0 Å². The number of methoxy groups -OCH3 is 1. The summed E-state index contributed by atoms with van der Waals surface area (Å²) in [5, 5.41) is 3.39. The van der Waals surface area contributed by atoms with Gasteiger partial charge >= 0.3 is 0 Å². The van der Waals surface area contributed by atoms with Gasteiger partial charge in [0.25, 0.3) is 10.2 Å². The molecule has 0 aliphatic carbocycles. The lowest BCUT2D eigenvalue weighted by molar-refractivity contribution is 0.178. The van der Waals surface area contributed by atoms with Crippen LogP contribution in [0.25, 0.3) is 0 Å². The van der Waals surface area contributed by atoms with Crippen molar-refractivity contribution in [2.45, 2.75) is 45.7 Å². The Hall–Kier alpha value is -0.210. The Kier molecular flexibility index (Phi) is 7.39. The molecule has 7 heteroatoms. The molecule has 1 fully saturated rings. The smallest absolute Gasteiger partial charge is 0.279 e. The molecule has 0 amide bonds. The van der Waals surface area contributed by atoms with Crippen LogP contribution in [0, 0.1) is 5.92 Å². The van der Waals surface area contributed by atoms with Crippen molar-refractivity contribution in [3.8, 4) is 0 Å². The van der Waals surface area contributed by atoms with Gasteiger partial charge in [-0.15, -0.1) is 0 Å². The van der Waals surface area contributed by atoms with E-state index in [0.717, 1.165) is 19.4 Å². The highest BCUT2D eigenvalue weighted by Crippen LogP contribution is 2.18. The number of nitrogens with one attached hydrogen (secondary N) is 2. The summed E-state index contributed by atoms with van der Waals surface area (Å²) in [6.07, 6.45) is 2.00. The van der Waals surface area contributed by atoms with E-state index in [1.54, 1.807) is 11.4 Å². The number of rotatable bonds is 8. The maximum absolute atomic E-state index is 12.3. The van der Waals surface area contributed by atoms with Crippen LogP contribution in [0.4, 0.5) is 0 Å². The summed E-state index contributed by atoms with van der Waals surface area (Å²) in [6, 6.07) is 0.223. The number of ether oxygens (including phenoxy) is 1. The van der Waals surface area contributed by atoms with Crippen molar-refractivity contribution in [1.29, 1.82) is 0 Å². The van der Waals surface area contributed by atoms with Crippen LogP contribution in [0.5, 0.6) is 0 Å². The van der Waals surface area contributed by atoms with Crippen LogP contribution in [-0.2, 0) is 14.9 Å². The molecule has 0 bridgehead atoms. The SMILES string of the molecule is COCC(C)NS(=O)(=O)N1CCCC(CNC(C)C)C1. The summed E-state index contributed by atoms with van der Waals surface area (Å²) in [4.78, 5) is 0. The molecule has 0 spiro atoms. The van der Waals surface area contributed by atoms with Crippen molar-refractivity contribution in [3.05, 3.63) is 0 Å². The molecule has 1 aliphatic heterocycles. The molecule has 1 aliphatic rings. The molecular weight excluding hydrogens is 278 g/mol. The molecular formula is C13H29N3O3S. The normalized spacial score (nSPS) is 23.1. The predicted molar refractivity (Wildman–Crippen MR) is 80.8 cm³/mol. The minimum absolute atomic E-state index is 0.209. The van der Waals surface area contributed by atoms with Gasteiger partial charge in [-0.25, -0.2) is 0 Å². The molecule has 0 aromatic heterocycles. The van der Waals surface area contributed by atoms with Crippen LogP contribution in [0.15, 0.2) is 0 Å². The van der Waals surface area contributed by atoms with Crippen LogP contribution in [0.3, 0.4) is 0 Å². The van der Waals surface area contributed by atoms with Crippen molar-refractivity contribution >= 4 is 10.2 Å². The Morgan fingerprint density at radius 2 is 2.05 bits per heavy atom. The molecule has 0 aromatic carbocycles. The minimum Gasteiger partial charge on any atom is -0.383 e. The van der Waals surface area contributed by atoms with Gasteiger partial charge in [0.15, 0.2) is 0 Å². The molecule has 120 valence electrons. The van der Waals surface area contributed by atoms with E-state index in [2.05, 4.69) is 23.9 Å². The van der Waals surface area contributed by atoms with Crippen LogP contribution in [-0.4, -0.2) is 58.2 Å². The summed E-state index contributed by atoms with van der Waals surface area (Å²) in [6.45, 7) is 8.46. The molecule has 0 saturated carbocycles. The van der Waals surface area contributed by atoms with Crippen molar-refractivity contribution in [2.24, 2.45) is 5.92 Å². The molecule has 1 heterocycles. The van der Waals surface area contributed by atoms with Crippen molar-refractivity contribution in [2.75, 3.05) is 33.4 Å². The van der Waals surface area contributed by atoms with Gasteiger partial charge in [-0.05, 0) is 32.2 Å². The molecule has 6 nitrogen and oxygen atoms in total. The first-order valence-corrected chi connectivity index (χ1v) is 8.79. The summed E-state index contributed by atoms with van der Waals surface area (Å²) in [7, 11) is -1.83. The quantitative estimate of drug-likeness (QED) is 0.688. The van der Waals surface area contributed by atoms with Gasteiger partial charge in [0, 0.05) is 32.3 Å². The van der Waals surface area contributed by atoms with Gasteiger partial charge in [0.05, 0.1) is 6.61 Å². The zero-order valence-corrected chi connectivity index (χ0v) is 13.9. The second-order valence-electron chi connectivity index (χ2n) is 5.91. The fraction of sp³-hybridized carbons (Fsp3) is 1.00. The van der Waals surface area contributed by atoms with Crippen LogP contribution >= 0.6 is 0 Å². The van der Waals surface area contributed by atoms with Crippen molar-refractivity contribution < 1.29 is 13.2 Å². The fourth-order valence-electron chi connectivity index (χ4n) is 2.43.